The molecule has 4 heteroatoms. The van der Waals surface area contributed by atoms with E-state index in [0.717, 1.165) is 11.5 Å². The summed E-state index contributed by atoms with van der Waals surface area (Å²) in [5, 5.41) is 3.33. The van der Waals surface area contributed by atoms with Crippen molar-refractivity contribution in [2.24, 2.45) is 0 Å². The zero-order valence-corrected chi connectivity index (χ0v) is 10.0. The first-order chi connectivity index (χ1) is 8.16. The zero-order valence-electron chi connectivity index (χ0n) is 10.0. The second kappa shape index (κ2) is 4.82. The lowest BCUT2D eigenvalue weighted by atomic mass is 10.1. The van der Waals surface area contributed by atoms with Gasteiger partial charge in [0.05, 0.1) is 17.4 Å². The van der Waals surface area contributed by atoms with Crippen molar-refractivity contribution in [2.45, 2.75) is 19.9 Å². The van der Waals surface area contributed by atoms with Crippen LogP contribution in [0.3, 0.4) is 0 Å². The number of hydrogen-bond acceptors (Lipinski definition) is 4. The van der Waals surface area contributed by atoms with Crippen molar-refractivity contribution in [2.75, 3.05) is 11.1 Å². The number of aryl methyl sites for hydroxylation is 1. The molecule has 2 aromatic rings. The highest BCUT2D eigenvalue weighted by Crippen LogP contribution is 2.18. The Labute approximate surface area is 101 Å². The summed E-state index contributed by atoms with van der Waals surface area (Å²) in [4.78, 5) is 8.39. The number of aromatic nitrogens is 2. The Morgan fingerprint density at radius 2 is 1.88 bits per heavy atom. The van der Waals surface area contributed by atoms with Gasteiger partial charge in [-0.3, -0.25) is 4.98 Å². The highest BCUT2D eigenvalue weighted by molar-refractivity contribution is 5.49. The molecule has 0 bridgehead atoms. The summed E-state index contributed by atoms with van der Waals surface area (Å²) in [6, 6.07) is 7.92. The lowest BCUT2D eigenvalue weighted by Gasteiger charge is -2.15. The molecule has 3 N–H and O–H groups in total. The zero-order chi connectivity index (χ0) is 12.3. The van der Waals surface area contributed by atoms with Crippen LogP contribution in [0.15, 0.2) is 36.7 Å². The van der Waals surface area contributed by atoms with Gasteiger partial charge in [0.25, 0.3) is 0 Å². The first kappa shape index (κ1) is 11.4. The quantitative estimate of drug-likeness (QED) is 0.847. The van der Waals surface area contributed by atoms with Crippen LogP contribution in [0.5, 0.6) is 0 Å². The highest BCUT2D eigenvalue weighted by atomic mass is 15.0. The van der Waals surface area contributed by atoms with E-state index in [-0.39, 0.29) is 6.04 Å². The summed E-state index contributed by atoms with van der Waals surface area (Å²) >= 11 is 0. The van der Waals surface area contributed by atoms with E-state index in [1.165, 1.54) is 5.56 Å². The van der Waals surface area contributed by atoms with Crippen LogP contribution in [0.4, 0.5) is 11.5 Å². The van der Waals surface area contributed by atoms with Crippen LogP contribution >= 0.6 is 0 Å². The molecular formula is C13H16N4. The van der Waals surface area contributed by atoms with Crippen LogP contribution in [0.2, 0.25) is 0 Å². The van der Waals surface area contributed by atoms with Gasteiger partial charge in [0.2, 0.25) is 0 Å². The summed E-state index contributed by atoms with van der Waals surface area (Å²) in [6.07, 6.45) is 3.57. The second-order valence-corrected chi connectivity index (χ2v) is 4.02. The van der Waals surface area contributed by atoms with Crippen molar-refractivity contribution in [3.63, 3.8) is 0 Å². The Kier molecular flexibility index (Phi) is 3.23. The van der Waals surface area contributed by atoms with E-state index in [2.05, 4.69) is 22.2 Å². The topological polar surface area (TPSA) is 63.8 Å². The SMILES string of the molecule is Cc1nc(NC(C)c2ccncc2)ccc1N. The van der Waals surface area contributed by atoms with Crippen LogP contribution in [-0.2, 0) is 0 Å². The summed E-state index contributed by atoms with van der Waals surface area (Å²) in [6.45, 7) is 3.99. The number of hydrogen-bond donors (Lipinski definition) is 2. The normalized spacial score (nSPS) is 12.1. The fourth-order valence-corrected chi connectivity index (χ4v) is 1.61. The number of nitrogens with one attached hydrogen (secondary N) is 1. The van der Waals surface area contributed by atoms with Crippen molar-refractivity contribution in [1.82, 2.24) is 9.97 Å². The fourth-order valence-electron chi connectivity index (χ4n) is 1.61. The minimum atomic E-state index is 0.188. The average molecular weight is 228 g/mol. The minimum Gasteiger partial charge on any atom is -0.397 e. The van der Waals surface area contributed by atoms with Gasteiger partial charge in [0.15, 0.2) is 0 Å². The Balaban J connectivity index is 2.13. The third-order valence-corrected chi connectivity index (χ3v) is 2.70. The van der Waals surface area contributed by atoms with E-state index in [9.17, 15) is 0 Å². The molecule has 88 valence electrons. The maximum Gasteiger partial charge on any atom is 0.126 e. The Bertz CT molecular complexity index is 496. The molecule has 0 aromatic carbocycles. The van der Waals surface area contributed by atoms with Gasteiger partial charge >= 0.3 is 0 Å². The van der Waals surface area contributed by atoms with Crippen molar-refractivity contribution in [3.8, 4) is 0 Å². The fraction of sp³-hybridized carbons (Fsp3) is 0.231. The molecule has 17 heavy (non-hydrogen) atoms. The van der Waals surface area contributed by atoms with E-state index >= 15 is 0 Å². The van der Waals surface area contributed by atoms with Crippen LogP contribution in [0, 0.1) is 6.92 Å². The van der Waals surface area contributed by atoms with E-state index in [4.69, 9.17) is 5.73 Å². The summed E-state index contributed by atoms with van der Waals surface area (Å²) in [5.41, 5.74) is 8.47. The second-order valence-electron chi connectivity index (χ2n) is 4.02. The Hall–Kier alpha value is -2.10. The molecule has 0 aliphatic heterocycles. The molecule has 0 aliphatic rings. The summed E-state index contributed by atoms with van der Waals surface area (Å²) in [7, 11) is 0. The molecule has 1 unspecified atom stereocenters. The lowest BCUT2D eigenvalue weighted by Crippen LogP contribution is -2.08. The van der Waals surface area contributed by atoms with Crippen molar-refractivity contribution in [3.05, 3.63) is 47.9 Å². The van der Waals surface area contributed by atoms with Gasteiger partial charge in [-0.2, -0.15) is 0 Å². The first-order valence-corrected chi connectivity index (χ1v) is 5.56. The van der Waals surface area contributed by atoms with Gasteiger partial charge in [-0.05, 0) is 43.7 Å². The van der Waals surface area contributed by atoms with Crippen molar-refractivity contribution < 1.29 is 0 Å². The molecule has 0 aliphatic carbocycles. The molecule has 2 aromatic heterocycles. The first-order valence-electron chi connectivity index (χ1n) is 5.56. The molecular weight excluding hydrogens is 212 g/mol. The van der Waals surface area contributed by atoms with Gasteiger partial charge in [-0.15, -0.1) is 0 Å². The highest BCUT2D eigenvalue weighted by Gasteiger charge is 2.06. The molecule has 1 atom stereocenters. The molecule has 2 heterocycles. The van der Waals surface area contributed by atoms with E-state index < -0.39 is 0 Å². The number of pyridine rings is 2. The average Bonchev–Trinajstić information content (AvgIpc) is 2.35. The predicted octanol–water partition coefficient (Wildman–Crippen LogP) is 2.54. The Morgan fingerprint density at radius 3 is 2.53 bits per heavy atom. The Morgan fingerprint density at radius 1 is 1.18 bits per heavy atom. The van der Waals surface area contributed by atoms with Crippen LogP contribution < -0.4 is 11.1 Å². The number of nitrogen functional groups attached to an aromatic ring is 1. The molecule has 0 radical (unpaired) electrons. The third-order valence-electron chi connectivity index (χ3n) is 2.70. The molecule has 0 saturated heterocycles. The van der Waals surface area contributed by atoms with Gasteiger partial charge in [-0.1, -0.05) is 0 Å². The molecule has 0 amide bonds. The maximum absolute atomic E-state index is 5.73. The lowest BCUT2D eigenvalue weighted by molar-refractivity contribution is 0.869. The van der Waals surface area contributed by atoms with Crippen LogP contribution in [0.1, 0.15) is 24.2 Å². The monoisotopic (exact) mass is 228 g/mol. The molecule has 0 spiro atoms. The number of anilines is 2. The number of rotatable bonds is 3. The van der Waals surface area contributed by atoms with E-state index in [1.54, 1.807) is 12.4 Å². The molecule has 0 fully saturated rings. The standard InChI is InChI=1S/C13H16N4/c1-9(11-5-7-15-8-6-11)16-13-4-3-12(14)10(2)17-13/h3-9H,14H2,1-2H3,(H,16,17). The van der Waals surface area contributed by atoms with Crippen LogP contribution in [0.25, 0.3) is 0 Å². The summed E-state index contributed by atoms with van der Waals surface area (Å²) in [5.74, 6) is 0.834. The van der Waals surface area contributed by atoms with E-state index in [1.807, 2.05) is 31.2 Å². The number of nitrogens with zero attached hydrogens (tertiary/aromatic N) is 2. The van der Waals surface area contributed by atoms with Gasteiger partial charge in [-0.25, -0.2) is 4.98 Å². The maximum atomic E-state index is 5.73. The molecule has 4 nitrogen and oxygen atoms in total. The smallest absolute Gasteiger partial charge is 0.126 e. The van der Waals surface area contributed by atoms with Gasteiger partial charge < -0.3 is 11.1 Å². The third kappa shape index (κ3) is 2.72. The van der Waals surface area contributed by atoms with Crippen molar-refractivity contribution >= 4 is 11.5 Å². The molecule has 0 saturated carbocycles. The van der Waals surface area contributed by atoms with Gasteiger partial charge in [0, 0.05) is 12.4 Å². The minimum absolute atomic E-state index is 0.188. The summed E-state index contributed by atoms with van der Waals surface area (Å²) < 4.78 is 0. The van der Waals surface area contributed by atoms with Crippen molar-refractivity contribution in [1.29, 1.82) is 0 Å². The van der Waals surface area contributed by atoms with E-state index in [0.29, 0.717) is 5.69 Å². The molecule has 2 rings (SSSR count). The van der Waals surface area contributed by atoms with Gasteiger partial charge in [0.1, 0.15) is 5.82 Å². The largest absolute Gasteiger partial charge is 0.397 e. The van der Waals surface area contributed by atoms with Crippen LogP contribution in [-0.4, -0.2) is 9.97 Å². The number of nitrogens with two attached hydrogens (primary N) is 1. The predicted molar refractivity (Wildman–Crippen MR) is 69.7 cm³/mol.